The Morgan fingerprint density at radius 1 is 0.506 bits per heavy atom. The van der Waals surface area contributed by atoms with Gasteiger partial charge in [-0.05, 0) is 187 Å². The minimum absolute atomic E-state index is 0. The van der Waals surface area contributed by atoms with Crippen molar-refractivity contribution in [2.75, 3.05) is 14.1 Å². The number of piperidine rings is 3. The van der Waals surface area contributed by atoms with Crippen LogP contribution in [0.2, 0.25) is 0 Å². The number of fused-ring (bicyclic) bond motifs is 6. The molecular formula is C56H72F10IN3O9. The number of ether oxygens (including phenoxy) is 5. The van der Waals surface area contributed by atoms with Gasteiger partial charge in [0.05, 0.1) is 46.7 Å². The van der Waals surface area contributed by atoms with Gasteiger partial charge in [-0.3, -0.25) is 0 Å². The summed E-state index contributed by atoms with van der Waals surface area (Å²) < 4.78 is 155. The zero-order valence-corrected chi connectivity index (χ0v) is 47.7. The lowest BCUT2D eigenvalue weighted by atomic mass is 10.00. The molecule has 3 aromatic rings. The Kier molecular flexibility index (Phi) is 22.8. The molecule has 12 nitrogen and oxygen atoms in total. The molecule has 0 aliphatic carbocycles. The lowest BCUT2D eigenvalue weighted by molar-refractivity contribution is -0.138. The first-order chi connectivity index (χ1) is 36.4. The van der Waals surface area contributed by atoms with Crippen LogP contribution in [0.1, 0.15) is 166 Å². The molecule has 6 heterocycles. The fraction of sp³-hybridized carbons (Fsp3) is 0.625. The van der Waals surface area contributed by atoms with Crippen LogP contribution in [0.15, 0.2) is 54.6 Å². The molecule has 442 valence electrons. The molecule has 0 radical (unpaired) electrons. The SMILES string of the molecule is CC(C)OC(=O)c1cc(C(F)(F)F)ccc1F.CC(C)OC(=O)c1cc(C(F)(F)F)ccc1OC1C[C@H]2CC[C@@H](C1)N2.CC(C)OC(=O)c1cc(C(F)(F)F)ccc1OC1C[C@H]2CC[C@@H](C1)N2C.CN1[C@@H]2CC[C@H]1CC(O)C2.I. The van der Waals surface area contributed by atoms with E-state index in [1.54, 1.807) is 27.7 Å². The van der Waals surface area contributed by atoms with E-state index in [4.69, 9.17) is 18.9 Å². The van der Waals surface area contributed by atoms with Crippen LogP contribution in [0.25, 0.3) is 0 Å². The molecule has 23 heteroatoms. The van der Waals surface area contributed by atoms with Crippen molar-refractivity contribution in [3.63, 3.8) is 0 Å². The zero-order valence-electron chi connectivity index (χ0n) is 45.4. The number of hydrogen-bond acceptors (Lipinski definition) is 12. The van der Waals surface area contributed by atoms with Crippen molar-refractivity contribution < 1.29 is 87.1 Å². The van der Waals surface area contributed by atoms with E-state index in [1.165, 1.54) is 38.8 Å². The summed E-state index contributed by atoms with van der Waals surface area (Å²) in [5.74, 6) is -3.42. The van der Waals surface area contributed by atoms with Gasteiger partial charge in [0.1, 0.15) is 40.7 Å². The van der Waals surface area contributed by atoms with Gasteiger partial charge in [-0.1, -0.05) is 0 Å². The number of carbonyl (C=O) groups excluding carboxylic acids is 3. The first-order valence-electron chi connectivity index (χ1n) is 26.5. The van der Waals surface area contributed by atoms with Crippen molar-refractivity contribution in [1.82, 2.24) is 15.1 Å². The molecule has 9 atom stereocenters. The summed E-state index contributed by atoms with van der Waals surface area (Å²) in [5.41, 5.74) is -3.91. The van der Waals surface area contributed by atoms with E-state index in [9.17, 15) is 63.4 Å². The van der Waals surface area contributed by atoms with Crippen molar-refractivity contribution in [2.45, 2.75) is 210 Å². The van der Waals surface area contributed by atoms with Crippen LogP contribution < -0.4 is 14.8 Å². The van der Waals surface area contributed by atoms with Crippen molar-refractivity contribution >= 4 is 41.9 Å². The van der Waals surface area contributed by atoms with Crippen LogP contribution in [0, 0.1) is 5.82 Å². The van der Waals surface area contributed by atoms with Gasteiger partial charge in [0, 0.05) is 36.3 Å². The highest BCUT2D eigenvalue weighted by molar-refractivity contribution is 14.0. The van der Waals surface area contributed by atoms with E-state index >= 15 is 0 Å². The zero-order chi connectivity index (χ0) is 57.6. The summed E-state index contributed by atoms with van der Waals surface area (Å²) in [7, 11) is 4.29. The Labute approximate surface area is 471 Å². The maximum atomic E-state index is 13.2. The fourth-order valence-electron chi connectivity index (χ4n) is 10.9. The first kappa shape index (κ1) is 65.4. The molecule has 6 saturated heterocycles. The van der Waals surface area contributed by atoms with E-state index in [2.05, 4.69) is 33.9 Å². The van der Waals surface area contributed by atoms with Crippen molar-refractivity contribution in [2.24, 2.45) is 0 Å². The molecule has 6 bridgehead atoms. The maximum absolute atomic E-state index is 13.2. The highest BCUT2D eigenvalue weighted by Gasteiger charge is 2.42. The number of nitrogens with zero attached hydrogens (tertiary/aromatic N) is 2. The fourth-order valence-corrected chi connectivity index (χ4v) is 10.9. The molecule has 2 N–H and O–H groups in total. The second kappa shape index (κ2) is 27.5. The Balaban J connectivity index is 0.000000202. The van der Waals surface area contributed by atoms with E-state index in [0.717, 1.165) is 88.5 Å². The third-order valence-corrected chi connectivity index (χ3v) is 14.7. The summed E-state index contributed by atoms with van der Waals surface area (Å²) in [4.78, 5) is 40.7. The van der Waals surface area contributed by atoms with Crippen molar-refractivity contribution in [1.29, 1.82) is 0 Å². The van der Waals surface area contributed by atoms with Crippen LogP contribution in [-0.2, 0) is 32.7 Å². The normalized spacial score (nSPS) is 25.4. The lowest BCUT2D eigenvalue weighted by Gasteiger charge is -2.36. The Morgan fingerprint density at radius 3 is 1.18 bits per heavy atom. The van der Waals surface area contributed by atoms with Gasteiger partial charge in [0.15, 0.2) is 0 Å². The summed E-state index contributed by atoms with van der Waals surface area (Å²) in [6.45, 7) is 9.64. The largest absolute Gasteiger partial charge is 0.489 e. The maximum Gasteiger partial charge on any atom is 0.416 e. The second-order valence-corrected chi connectivity index (χ2v) is 21.8. The van der Waals surface area contributed by atoms with Crippen LogP contribution in [0.5, 0.6) is 11.5 Å². The topological polar surface area (TPSA) is 136 Å². The van der Waals surface area contributed by atoms with Gasteiger partial charge >= 0.3 is 36.4 Å². The van der Waals surface area contributed by atoms with Gasteiger partial charge in [-0.2, -0.15) is 39.5 Å². The molecule has 6 fully saturated rings. The third kappa shape index (κ3) is 18.3. The minimum atomic E-state index is -4.62. The Bertz CT molecular complexity index is 2490. The van der Waals surface area contributed by atoms with Gasteiger partial charge in [-0.25, -0.2) is 18.8 Å². The number of aliphatic hydroxyl groups excluding tert-OH is 1. The summed E-state index contributed by atoms with van der Waals surface area (Å²) in [5, 5.41) is 12.9. The molecule has 9 rings (SSSR count). The van der Waals surface area contributed by atoms with Gasteiger partial charge in [-0.15, -0.1) is 24.0 Å². The average molecular weight is 1250 g/mol. The quantitative estimate of drug-likeness (QED) is 0.0865. The molecule has 3 aromatic carbocycles. The number of halogens is 11. The monoisotopic (exact) mass is 1250 g/mol. The van der Waals surface area contributed by atoms with Crippen molar-refractivity contribution in [3.05, 3.63) is 93.8 Å². The predicted molar refractivity (Wildman–Crippen MR) is 283 cm³/mol. The number of hydrogen-bond donors (Lipinski definition) is 2. The van der Waals surface area contributed by atoms with E-state index in [-0.39, 0.29) is 64.9 Å². The molecule has 6 aliphatic heterocycles. The molecule has 0 aromatic heterocycles. The standard InChI is InChI=1S/C19H24F3NO3.C18H22F3NO3.C11H10F4O2.C8H15NO.HI/c1-11(2)25-18(24)16-8-12(19(20,21)22)4-7-17(16)26-15-9-13-5-6-14(10-15)23(13)3;1-10(2)24-17(23)15-7-11(18(19,20)21)3-6-16(15)25-14-8-12-4-5-13(9-14)22-12;1-6(2)17-10(16)8-5-7(11(13,14)15)3-4-9(8)12;1-9-6-2-3-7(9)5-8(10)4-6;/h4,7-8,11,13-15H,5-6,9-10H2,1-3H3;3,6-7,10,12-14,22H,4-5,8-9H2,1-2H3;3-6H,1-2H3;6-8,10H,2-5H2,1H3;1H/t13-,14+,15?;12-,13+,14?;;6-,7+,8?;. The third-order valence-electron chi connectivity index (χ3n) is 14.7. The van der Waals surface area contributed by atoms with Crippen LogP contribution >= 0.6 is 24.0 Å². The first-order valence-corrected chi connectivity index (χ1v) is 26.5. The van der Waals surface area contributed by atoms with Gasteiger partial charge in [0.25, 0.3) is 0 Å². The minimum Gasteiger partial charge on any atom is -0.489 e. The number of benzene rings is 3. The molecule has 0 saturated carbocycles. The number of esters is 3. The predicted octanol–water partition coefficient (Wildman–Crippen LogP) is 12.8. The van der Waals surface area contributed by atoms with Crippen LogP contribution in [0.4, 0.5) is 43.9 Å². The number of rotatable bonds is 10. The van der Waals surface area contributed by atoms with Gasteiger partial charge < -0.3 is 43.9 Å². The Morgan fingerprint density at radius 2 is 0.823 bits per heavy atom. The molecular weight excluding hydrogens is 1180 g/mol. The van der Waals surface area contributed by atoms with E-state index < -0.39 is 82.8 Å². The smallest absolute Gasteiger partial charge is 0.416 e. The summed E-state index contributed by atoms with van der Waals surface area (Å²) in [6, 6.07) is 10.6. The second-order valence-electron chi connectivity index (χ2n) is 21.8. The molecule has 79 heavy (non-hydrogen) atoms. The number of carbonyl (C=O) groups is 3. The number of alkyl halides is 9. The molecule has 3 unspecified atom stereocenters. The van der Waals surface area contributed by atoms with Crippen LogP contribution in [-0.4, -0.2) is 120 Å². The van der Waals surface area contributed by atoms with E-state index in [0.29, 0.717) is 54.5 Å². The van der Waals surface area contributed by atoms with Crippen molar-refractivity contribution in [3.8, 4) is 11.5 Å². The summed E-state index contributed by atoms with van der Waals surface area (Å²) >= 11 is 0. The Hall–Kier alpha value is -4.46. The molecule has 0 amide bonds. The summed E-state index contributed by atoms with van der Waals surface area (Å²) in [6.07, 6.45) is -3.09. The molecule has 6 aliphatic rings. The lowest BCUT2D eigenvalue weighted by Crippen LogP contribution is -2.44. The number of aliphatic hydroxyl groups is 1. The van der Waals surface area contributed by atoms with Gasteiger partial charge in [0.2, 0.25) is 0 Å². The molecule has 0 spiro atoms. The van der Waals surface area contributed by atoms with E-state index in [1.807, 2.05) is 0 Å². The van der Waals surface area contributed by atoms with Crippen LogP contribution in [0.3, 0.4) is 0 Å². The highest BCUT2D eigenvalue weighted by atomic mass is 127. The number of nitrogens with one attached hydrogen (secondary N) is 1. The average Bonchev–Trinajstić information content (AvgIpc) is 3.84. The highest BCUT2D eigenvalue weighted by Crippen LogP contribution is 2.40.